The number of benzene rings is 2. The van der Waals surface area contributed by atoms with Crippen molar-refractivity contribution in [3.8, 4) is 11.3 Å². The van der Waals surface area contributed by atoms with E-state index < -0.39 is 34.1 Å². The average Bonchev–Trinajstić information content (AvgIpc) is 2.94. The first kappa shape index (κ1) is 31.8. The summed E-state index contributed by atoms with van der Waals surface area (Å²) in [4.78, 5) is 13.1. The monoisotopic (exact) mass is 736 g/mol. The summed E-state index contributed by atoms with van der Waals surface area (Å²) >= 11 is 0. The van der Waals surface area contributed by atoms with E-state index in [2.05, 4.69) is 27.1 Å². The molecule has 2 aromatic carbocycles. The fourth-order valence-corrected chi connectivity index (χ4v) is 4.21. The minimum absolute atomic E-state index is 0. The summed E-state index contributed by atoms with van der Waals surface area (Å²) in [6.45, 7) is 7.68. The normalized spacial score (nSPS) is 11.2. The molecule has 0 aliphatic heterocycles. The molecule has 0 atom stereocenters. The van der Waals surface area contributed by atoms with E-state index in [1.54, 1.807) is 30.6 Å². The largest absolute Gasteiger partial charge is 2.00 e. The number of hydrogen-bond donors (Lipinski definition) is 0. The molecule has 0 saturated carbocycles. The third-order valence-electron chi connectivity index (χ3n) is 6.60. The van der Waals surface area contributed by atoms with E-state index in [-0.39, 0.29) is 26.6 Å². The molecule has 8 heteroatoms. The number of rotatable bonds is 5. The first-order valence-electron chi connectivity index (χ1n) is 12.5. The van der Waals surface area contributed by atoms with E-state index in [9.17, 15) is 17.6 Å². The third kappa shape index (κ3) is 7.34. The van der Waals surface area contributed by atoms with Crippen molar-refractivity contribution in [1.82, 2.24) is 15.0 Å². The van der Waals surface area contributed by atoms with Gasteiger partial charge in [0.1, 0.15) is 0 Å². The third-order valence-corrected chi connectivity index (χ3v) is 6.60. The van der Waals surface area contributed by atoms with Crippen LogP contribution in [0.15, 0.2) is 91.3 Å². The minimum Gasteiger partial charge on any atom is -0.300 e. The molecular weight excluding hydrogens is 709 g/mol. The van der Waals surface area contributed by atoms with Gasteiger partial charge in [-0.3, -0.25) is 27.5 Å². The predicted molar refractivity (Wildman–Crippen MR) is 146 cm³/mol. The van der Waals surface area contributed by atoms with E-state index in [0.29, 0.717) is 11.3 Å². The van der Waals surface area contributed by atoms with Crippen molar-refractivity contribution in [2.24, 2.45) is 0 Å². The van der Waals surface area contributed by atoms with Crippen LogP contribution in [0.4, 0.5) is 17.6 Å². The molecule has 0 amide bonds. The van der Waals surface area contributed by atoms with Crippen LogP contribution in [0.2, 0.25) is 0 Å². The van der Waals surface area contributed by atoms with Crippen LogP contribution in [0.1, 0.15) is 50.3 Å². The topological polar surface area (TPSA) is 38.7 Å². The fraction of sp³-hybridized carbons (Fsp3) is 0.182. The molecule has 3 heterocycles. The Hall–Kier alpha value is -3.70. The Morgan fingerprint density at radius 1 is 0.610 bits per heavy atom. The first-order chi connectivity index (χ1) is 19.0. The molecule has 0 aliphatic carbocycles. The molecule has 0 saturated heterocycles. The minimum atomic E-state index is -0.676. The van der Waals surface area contributed by atoms with Crippen molar-refractivity contribution < 1.29 is 38.6 Å². The molecule has 3 nitrogen and oxygen atoms in total. The summed E-state index contributed by atoms with van der Waals surface area (Å²) in [5.41, 5.74) is 2.17. The van der Waals surface area contributed by atoms with Gasteiger partial charge in [-0.25, -0.2) is 0 Å². The Kier molecular flexibility index (Phi) is 10.3. The number of halogens is 4. The van der Waals surface area contributed by atoms with E-state index in [1.165, 1.54) is 0 Å². The molecular formula is C33H27F4N3Pt. The van der Waals surface area contributed by atoms with Crippen LogP contribution in [0.25, 0.3) is 11.3 Å². The molecule has 0 spiro atoms. The van der Waals surface area contributed by atoms with Gasteiger partial charge in [0.25, 0.3) is 0 Å². The molecule has 0 unspecified atom stereocenters. The van der Waals surface area contributed by atoms with Crippen molar-refractivity contribution in [2.45, 2.75) is 38.5 Å². The van der Waals surface area contributed by atoms with Crippen molar-refractivity contribution in [3.63, 3.8) is 0 Å². The van der Waals surface area contributed by atoms with Crippen LogP contribution >= 0.6 is 0 Å². The zero-order chi connectivity index (χ0) is 28.9. The number of nitrogens with zero attached hydrogens (tertiary/aromatic N) is 3. The Bertz CT molecular complexity index is 1590. The molecule has 0 aliphatic rings. The fourth-order valence-electron chi connectivity index (χ4n) is 4.21. The van der Waals surface area contributed by atoms with Gasteiger partial charge in [0.2, 0.25) is 0 Å². The van der Waals surface area contributed by atoms with Crippen molar-refractivity contribution in [1.29, 1.82) is 0 Å². The summed E-state index contributed by atoms with van der Waals surface area (Å²) in [6.07, 6.45) is 3.38. The van der Waals surface area contributed by atoms with Crippen LogP contribution in [0.5, 0.6) is 0 Å². The Morgan fingerprint density at radius 3 is 1.68 bits per heavy atom. The summed E-state index contributed by atoms with van der Waals surface area (Å²) in [7, 11) is 0. The van der Waals surface area contributed by atoms with Crippen LogP contribution in [0.3, 0.4) is 0 Å². The Labute approximate surface area is 252 Å². The summed E-state index contributed by atoms with van der Waals surface area (Å²) < 4.78 is 53.6. The van der Waals surface area contributed by atoms with E-state index in [4.69, 9.17) is 0 Å². The summed E-state index contributed by atoms with van der Waals surface area (Å²) in [5, 5.41) is 0. The standard InChI is InChI=1S/C19H15F2N2.C14H12F2N.Pt/c1-19(2,17-7-3-4-11-22-17)18-8-5-6-16(23-18)14-10-9-13(20)12-15(14)21;1-14(2,13-5-3-4-8-17-13)11-7-6-10(15)9-12(11)16;/h3-9,11-12H,1-2H3;3-6,8-9H,1-2H3;/q2*-1;+2. The van der Waals surface area contributed by atoms with Crippen LogP contribution in [0, 0.1) is 35.4 Å². The van der Waals surface area contributed by atoms with Crippen molar-refractivity contribution in [3.05, 3.63) is 149 Å². The molecule has 212 valence electrons. The molecule has 41 heavy (non-hydrogen) atoms. The smallest absolute Gasteiger partial charge is 0.300 e. The molecule has 3 aromatic heterocycles. The quantitative estimate of drug-likeness (QED) is 0.136. The molecule has 0 N–H and O–H groups in total. The maximum absolute atomic E-state index is 14.0. The second-order valence-electron chi connectivity index (χ2n) is 10.2. The van der Waals surface area contributed by atoms with Gasteiger partial charge in [-0.05, 0) is 49.9 Å². The molecule has 0 radical (unpaired) electrons. The van der Waals surface area contributed by atoms with E-state index in [1.807, 2.05) is 64.1 Å². The molecule has 5 aromatic rings. The summed E-state index contributed by atoms with van der Waals surface area (Å²) in [6, 6.07) is 25.7. The second-order valence-corrected chi connectivity index (χ2v) is 10.2. The number of aromatic nitrogens is 3. The van der Waals surface area contributed by atoms with Crippen molar-refractivity contribution >= 4 is 0 Å². The second kappa shape index (κ2) is 13.3. The predicted octanol–water partition coefficient (Wildman–Crippen LogP) is 8.03. The van der Waals surface area contributed by atoms with Gasteiger partial charge < -0.3 is 4.98 Å². The van der Waals surface area contributed by atoms with Gasteiger partial charge in [-0.2, -0.15) is 6.07 Å². The van der Waals surface area contributed by atoms with Crippen molar-refractivity contribution in [2.75, 3.05) is 0 Å². The van der Waals surface area contributed by atoms with Gasteiger partial charge in [-0.1, -0.05) is 49.7 Å². The van der Waals surface area contributed by atoms with Gasteiger partial charge in [0, 0.05) is 57.9 Å². The van der Waals surface area contributed by atoms with Gasteiger partial charge >= 0.3 is 21.1 Å². The van der Waals surface area contributed by atoms with Gasteiger partial charge in [0.05, 0.1) is 5.69 Å². The molecule has 0 fully saturated rings. The van der Waals surface area contributed by atoms with Gasteiger partial charge in [-0.15, -0.1) is 29.8 Å². The van der Waals surface area contributed by atoms with E-state index in [0.717, 1.165) is 41.3 Å². The van der Waals surface area contributed by atoms with E-state index >= 15 is 0 Å². The zero-order valence-corrected chi connectivity index (χ0v) is 25.1. The van der Waals surface area contributed by atoms with Gasteiger partial charge in [0.15, 0.2) is 0 Å². The SMILES string of the molecule is CC(C)(c1ccccn1)c1[c-]cc(F)cc1F.CC(C)(c1ccccn1)c1cccc(-c2[c-]cc(F)cc2F)n1.[Pt+2]. The van der Waals surface area contributed by atoms with Crippen LogP contribution < -0.4 is 0 Å². The van der Waals surface area contributed by atoms with Crippen LogP contribution in [-0.2, 0) is 31.9 Å². The maximum Gasteiger partial charge on any atom is 2.00 e. The Balaban J connectivity index is 0.000000230. The summed E-state index contributed by atoms with van der Waals surface area (Å²) in [5.74, 6) is -2.55. The molecule has 5 rings (SSSR count). The Morgan fingerprint density at radius 2 is 1.15 bits per heavy atom. The number of hydrogen-bond acceptors (Lipinski definition) is 3. The first-order valence-corrected chi connectivity index (χ1v) is 12.5. The number of pyridine rings is 3. The van der Waals surface area contributed by atoms with Crippen LogP contribution in [-0.4, -0.2) is 15.0 Å². The zero-order valence-electron chi connectivity index (χ0n) is 22.8. The maximum atomic E-state index is 14.0. The molecule has 0 bridgehead atoms. The average molecular weight is 737 g/mol.